The summed E-state index contributed by atoms with van der Waals surface area (Å²) in [6.07, 6.45) is 4.47. The SMILES string of the molecule is CCOC(=O)[C@@H]1C[C@@H]1c1cccnc1. The second-order valence-electron chi connectivity index (χ2n) is 3.49. The summed E-state index contributed by atoms with van der Waals surface area (Å²) in [5.74, 6) is 0.336. The molecule has 1 saturated carbocycles. The van der Waals surface area contributed by atoms with Crippen LogP contribution >= 0.6 is 0 Å². The molecule has 1 aromatic rings. The van der Waals surface area contributed by atoms with Crippen LogP contribution in [0.4, 0.5) is 0 Å². The summed E-state index contributed by atoms with van der Waals surface area (Å²) in [5.41, 5.74) is 1.14. The molecule has 1 aromatic heterocycles. The Morgan fingerprint density at radius 3 is 3.21 bits per heavy atom. The highest BCUT2D eigenvalue weighted by molar-refractivity contribution is 5.77. The summed E-state index contributed by atoms with van der Waals surface area (Å²) in [5, 5.41) is 0. The first-order valence-corrected chi connectivity index (χ1v) is 4.89. The maximum atomic E-state index is 11.3. The highest BCUT2D eigenvalue weighted by Gasteiger charge is 2.45. The lowest BCUT2D eigenvalue weighted by Gasteiger charge is -2.00. The maximum absolute atomic E-state index is 11.3. The minimum atomic E-state index is -0.0682. The topological polar surface area (TPSA) is 39.2 Å². The molecule has 2 rings (SSSR count). The third kappa shape index (κ3) is 1.76. The first-order chi connectivity index (χ1) is 6.83. The monoisotopic (exact) mass is 191 g/mol. The average molecular weight is 191 g/mol. The van der Waals surface area contributed by atoms with Crippen LogP contribution in [0.25, 0.3) is 0 Å². The summed E-state index contributed by atoms with van der Waals surface area (Å²) in [4.78, 5) is 15.4. The molecule has 74 valence electrons. The fourth-order valence-corrected chi connectivity index (χ4v) is 1.67. The fraction of sp³-hybridized carbons (Fsp3) is 0.455. The molecule has 1 heterocycles. The van der Waals surface area contributed by atoms with E-state index in [4.69, 9.17) is 4.74 Å². The van der Waals surface area contributed by atoms with E-state index in [9.17, 15) is 4.79 Å². The maximum Gasteiger partial charge on any atom is 0.309 e. The van der Waals surface area contributed by atoms with E-state index in [1.807, 2.05) is 25.3 Å². The van der Waals surface area contributed by atoms with Gasteiger partial charge in [0.2, 0.25) is 0 Å². The van der Waals surface area contributed by atoms with Crippen molar-refractivity contribution in [2.75, 3.05) is 6.61 Å². The molecule has 0 radical (unpaired) electrons. The number of carbonyl (C=O) groups excluding carboxylic acids is 1. The highest BCUT2D eigenvalue weighted by atomic mass is 16.5. The fourth-order valence-electron chi connectivity index (χ4n) is 1.67. The van der Waals surface area contributed by atoms with Gasteiger partial charge in [0.15, 0.2) is 0 Å². The van der Waals surface area contributed by atoms with Crippen LogP contribution in [0.5, 0.6) is 0 Å². The lowest BCUT2D eigenvalue weighted by molar-refractivity contribution is -0.144. The van der Waals surface area contributed by atoms with E-state index in [1.165, 1.54) is 0 Å². The van der Waals surface area contributed by atoms with Crippen molar-refractivity contribution in [3.8, 4) is 0 Å². The molecule has 0 bridgehead atoms. The molecule has 0 aromatic carbocycles. The average Bonchev–Trinajstić information content (AvgIpc) is 2.99. The molecule has 14 heavy (non-hydrogen) atoms. The van der Waals surface area contributed by atoms with Crippen molar-refractivity contribution in [2.45, 2.75) is 19.3 Å². The van der Waals surface area contributed by atoms with Gasteiger partial charge in [-0.1, -0.05) is 6.07 Å². The molecule has 0 spiro atoms. The Morgan fingerprint density at radius 1 is 1.71 bits per heavy atom. The van der Waals surface area contributed by atoms with Crippen LogP contribution in [-0.4, -0.2) is 17.6 Å². The van der Waals surface area contributed by atoms with Crippen molar-refractivity contribution in [1.82, 2.24) is 4.98 Å². The number of aromatic nitrogens is 1. The van der Waals surface area contributed by atoms with Crippen LogP contribution in [0, 0.1) is 5.92 Å². The normalized spacial score (nSPS) is 24.4. The van der Waals surface area contributed by atoms with Crippen molar-refractivity contribution in [1.29, 1.82) is 0 Å². The summed E-state index contributed by atoms with van der Waals surface area (Å²) < 4.78 is 4.96. The number of ether oxygens (including phenoxy) is 1. The van der Waals surface area contributed by atoms with Gasteiger partial charge < -0.3 is 4.74 Å². The number of nitrogens with zero attached hydrogens (tertiary/aromatic N) is 1. The Morgan fingerprint density at radius 2 is 2.57 bits per heavy atom. The van der Waals surface area contributed by atoms with E-state index in [-0.39, 0.29) is 11.9 Å². The smallest absolute Gasteiger partial charge is 0.309 e. The summed E-state index contributed by atoms with van der Waals surface area (Å²) in [6, 6.07) is 3.91. The van der Waals surface area contributed by atoms with Gasteiger partial charge in [0.1, 0.15) is 0 Å². The van der Waals surface area contributed by atoms with Gasteiger partial charge >= 0.3 is 5.97 Å². The van der Waals surface area contributed by atoms with E-state index >= 15 is 0 Å². The highest BCUT2D eigenvalue weighted by Crippen LogP contribution is 2.47. The number of carbonyl (C=O) groups is 1. The minimum Gasteiger partial charge on any atom is -0.466 e. The molecule has 0 N–H and O–H groups in total. The molecule has 0 amide bonds. The van der Waals surface area contributed by atoms with Gasteiger partial charge in [-0.15, -0.1) is 0 Å². The second-order valence-corrected chi connectivity index (χ2v) is 3.49. The first kappa shape index (κ1) is 9.19. The largest absolute Gasteiger partial charge is 0.466 e. The molecule has 1 aliphatic rings. The zero-order valence-corrected chi connectivity index (χ0v) is 8.14. The van der Waals surface area contributed by atoms with Gasteiger partial charge in [0.25, 0.3) is 0 Å². The van der Waals surface area contributed by atoms with Crippen LogP contribution in [0.3, 0.4) is 0 Å². The van der Waals surface area contributed by atoms with E-state index in [1.54, 1.807) is 6.20 Å². The number of pyridine rings is 1. The molecular weight excluding hydrogens is 178 g/mol. The third-order valence-corrected chi connectivity index (χ3v) is 2.49. The second kappa shape index (κ2) is 3.78. The quantitative estimate of drug-likeness (QED) is 0.683. The summed E-state index contributed by atoms with van der Waals surface area (Å²) in [7, 11) is 0. The molecular formula is C11H13NO2. The Kier molecular flexibility index (Phi) is 2.48. The summed E-state index contributed by atoms with van der Waals surface area (Å²) in [6.45, 7) is 2.30. The van der Waals surface area contributed by atoms with E-state index in [0.29, 0.717) is 12.5 Å². The summed E-state index contributed by atoms with van der Waals surface area (Å²) >= 11 is 0. The van der Waals surface area contributed by atoms with E-state index in [2.05, 4.69) is 4.98 Å². The zero-order valence-electron chi connectivity index (χ0n) is 8.14. The van der Waals surface area contributed by atoms with Gasteiger partial charge in [-0.25, -0.2) is 0 Å². The minimum absolute atomic E-state index is 0.0682. The lowest BCUT2D eigenvalue weighted by atomic mass is 10.1. The van der Waals surface area contributed by atoms with E-state index in [0.717, 1.165) is 12.0 Å². The van der Waals surface area contributed by atoms with Gasteiger partial charge in [-0.2, -0.15) is 0 Å². The van der Waals surface area contributed by atoms with Crippen LogP contribution in [-0.2, 0) is 9.53 Å². The molecule has 3 nitrogen and oxygen atoms in total. The van der Waals surface area contributed by atoms with Gasteiger partial charge in [-0.3, -0.25) is 9.78 Å². The molecule has 1 fully saturated rings. The van der Waals surface area contributed by atoms with Crippen LogP contribution in [0.1, 0.15) is 24.8 Å². The molecule has 3 heteroatoms. The van der Waals surface area contributed by atoms with Crippen molar-refractivity contribution >= 4 is 5.97 Å². The molecule has 0 unspecified atom stereocenters. The predicted molar refractivity (Wildman–Crippen MR) is 51.7 cm³/mol. The van der Waals surface area contributed by atoms with Crippen molar-refractivity contribution < 1.29 is 9.53 Å². The number of hydrogen-bond acceptors (Lipinski definition) is 3. The number of rotatable bonds is 3. The molecule has 0 aliphatic heterocycles. The van der Waals surface area contributed by atoms with Crippen molar-refractivity contribution in [3.63, 3.8) is 0 Å². The molecule has 2 atom stereocenters. The lowest BCUT2D eigenvalue weighted by Crippen LogP contribution is -2.07. The van der Waals surface area contributed by atoms with E-state index < -0.39 is 0 Å². The van der Waals surface area contributed by atoms with Crippen LogP contribution in [0.2, 0.25) is 0 Å². The van der Waals surface area contributed by atoms with Gasteiger partial charge in [0, 0.05) is 12.4 Å². The first-order valence-electron chi connectivity index (χ1n) is 4.89. The number of esters is 1. The van der Waals surface area contributed by atoms with Crippen LogP contribution in [0.15, 0.2) is 24.5 Å². The van der Waals surface area contributed by atoms with Crippen molar-refractivity contribution in [2.24, 2.45) is 5.92 Å². The Hall–Kier alpha value is -1.38. The zero-order chi connectivity index (χ0) is 9.97. The Balaban J connectivity index is 1.96. The van der Waals surface area contributed by atoms with Crippen molar-refractivity contribution in [3.05, 3.63) is 30.1 Å². The van der Waals surface area contributed by atoms with Gasteiger partial charge in [0.05, 0.1) is 12.5 Å². The Bertz CT molecular complexity index is 323. The molecule has 0 saturated heterocycles. The predicted octanol–water partition coefficient (Wildman–Crippen LogP) is 1.75. The standard InChI is InChI=1S/C11H13NO2/c1-2-14-11(13)10-6-9(10)8-4-3-5-12-7-8/h3-5,7,9-10H,2,6H2,1H3/t9-,10-/m1/s1. The van der Waals surface area contributed by atoms with Crippen LogP contribution < -0.4 is 0 Å². The Labute approximate surface area is 83.1 Å². The number of hydrogen-bond donors (Lipinski definition) is 0. The third-order valence-electron chi connectivity index (χ3n) is 2.49. The van der Waals surface area contributed by atoms with Gasteiger partial charge in [-0.05, 0) is 30.9 Å². The molecule has 1 aliphatic carbocycles.